The van der Waals surface area contributed by atoms with Crippen LogP contribution in [0.3, 0.4) is 0 Å². The number of anilines is 2. The average molecular weight is 430 g/mol. The van der Waals surface area contributed by atoms with Crippen molar-refractivity contribution in [2.45, 2.75) is 13.0 Å². The van der Waals surface area contributed by atoms with Crippen LogP contribution >= 0.6 is 11.6 Å². The van der Waals surface area contributed by atoms with Crippen LogP contribution in [0.25, 0.3) is 22.3 Å². The van der Waals surface area contributed by atoms with E-state index in [0.29, 0.717) is 5.95 Å². The van der Waals surface area contributed by atoms with Crippen molar-refractivity contribution in [1.29, 1.82) is 0 Å². The molecule has 1 N–H and O–H groups in total. The van der Waals surface area contributed by atoms with Gasteiger partial charge >= 0.3 is 0 Å². The summed E-state index contributed by atoms with van der Waals surface area (Å²) in [6.07, 6.45) is 8.22. The molecule has 1 aromatic carbocycles. The maximum atomic E-state index is 6.29. The Morgan fingerprint density at radius 1 is 1.03 bits per heavy atom. The standard InChI is InChI=1S/C23H20ClN7/c1-30-21(7-11-27-30)29-23-25-10-6-20(28-23)18-14-17-9-13-31(22(17)26-15-18)12-8-16-4-2-3-5-19(16)24/h2-7,9-11,13-15H,8,12H2,1H3,(H,25,28,29). The number of halogens is 1. The van der Waals surface area contributed by atoms with Gasteiger partial charge in [-0.3, -0.25) is 4.68 Å². The molecule has 5 aromatic rings. The molecule has 31 heavy (non-hydrogen) atoms. The summed E-state index contributed by atoms with van der Waals surface area (Å²) in [5, 5.41) is 9.20. The third-order valence-corrected chi connectivity index (χ3v) is 5.56. The fourth-order valence-electron chi connectivity index (χ4n) is 3.53. The van der Waals surface area contributed by atoms with Gasteiger partial charge in [-0.15, -0.1) is 0 Å². The lowest BCUT2D eigenvalue weighted by atomic mass is 10.1. The molecule has 0 atom stereocenters. The molecule has 0 fully saturated rings. The van der Waals surface area contributed by atoms with Crippen LogP contribution in [0.4, 0.5) is 11.8 Å². The minimum absolute atomic E-state index is 0.513. The fraction of sp³-hybridized carbons (Fsp3) is 0.130. The van der Waals surface area contributed by atoms with Gasteiger partial charge in [0.15, 0.2) is 0 Å². The Hall–Kier alpha value is -3.71. The molecule has 8 heteroatoms. The predicted octanol–water partition coefficient (Wildman–Crippen LogP) is 4.87. The summed E-state index contributed by atoms with van der Waals surface area (Å²) in [5.74, 6) is 1.33. The van der Waals surface area contributed by atoms with E-state index in [2.05, 4.69) is 49.3 Å². The smallest absolute Gasteiger partial charge is 0.228 e. The highest BCUT2D eigenvalue weighted by molar-refractivity contribution is 6.31. The first-order chi connectivity index (χ1) is 15.2. The van der Waals surface area contributed by atoms with E-state index in [1.165, 1.54) is 0 Å². The molecule has 4 aromatic heterocycles. The van der Waals surface area contributed by atoms with E-state index in [1.54, 1.807) is 17.1 Å². The van der Waals surface area contributed by atoms with Crippen molar-refractivity contribution in [1.82, 2.24) is 29.3 Å². The van der Waals surface area contributed by atoms with Gasteiger partial charge < -0.3 is 9.88 Å². The monoisotopic (exact) mass is 429 g/mol. The van der Waals surface area contributed by atoms with E-state index < -0.39 is 0 Å². The molecule has 0 radical (unpaired) electrons. The molecule has 0 aliphatic rings. The summed E-state index contributed by atoms with van der Waals surface area (Å²) in [5.41, 5.74) is 3.82. The Kier molecular flexibility index (Phi) is 5.09. The second-order valence-electron chi connectivity index (χ2n) is 7.22. The fourth-order valence-corrected chi connectivity index (χ4v) is 3.76. The number of nitrogens with zero attached hydrogens (tertiary/aromatic N) is 6. The second kappa shape index (κ2) is 8.20. The van der Waals surface area contributed by atoms with Crippen LogP contribution in [0.1, 0.15) is 5.56 Å². The molecule has 154 valence electrons. The topological polar surface area (TPSA) is 73.5 Å². The quantitative estimate of drug-likeness (QED) is 0.417. The summed E-state index contributed by atoms with van der Waals surface area (Å²) >= 11 is 6.29. The molecule has 0 spiro atoms. The van der Waals surface area contributed by atoms with Crippen LogP contribution < -0.4 is 5.32 Å². The normalized spacial score (nSPS) is 11.2. The second-order valence-corrected chi connectivity index (χ2v) is 7.63. The van der Waals surface area contributed by atoms with Crippen LogP contribution in [-0.2, 0) is 20.0 Å². The van der Waals surface area contributed by atoms with Crippen molar-refractivity contribution < 1.29 is 0 Å². The summed E-state index contributed by atoms with van der Waals surface area (Å²) < 4.78 is 3.88. The molecule has 4 heterocycles. The molecule has 7 nitrogen and oxygen atoms in total. The predicted molar refractivity (Wildman–Crippen MR) is 122 cm³/mol. The Balaban J connectivity index is 1.38. The highest BCUT2D eigenvalue weighted by atomic mass is 35.5. The first-order valence-corrected chi connectivity index (χ1v) is 10.3. The number of aromatic nitrogens is 6. The first kappa shape index (κ1) is 19.3. The SMILES string of the molecule is Cn1nccc1Nc1nccc(-c2cnc3c(ccn3CCc3ccccc3Cl)c2)n1. The Morgan fingerprint density at radius 2 is 1.94 bits per heavy atom. The van der Waals surface area contributed by atoms with Gasteiger partial charge in [0.25, 0.3) is 0 Å². The number of benzene rings is 1. The number of hydrogen-bond acceptors (Lipinski definition) is 5. The Morgan fingerprint density at radius 3 is 2.77 bits per heavy atom. The third kappa shape index (κ3) is 4.00. The summed E-state index contributed by atoms with van der Waals surface area (Å²) in [6, 6.07) is 15.9. The molecular weight excluding hydrogens is 410 g/mol. The first-order valence-electron chi connectivity index (χ1n) is 9.94. The van der Waals surface area contributed by atoms with Crippen molar-refractivity contribution in [2.24, 2.45) is 7.05 Å². The van der Waals surface area contributed by atoms with Gasteiger partial charge in [0.05, 0.1) is 11.9 Å². The van der Waals surface area contributed by atoms with Gasteiger partial charge in [0, 0.05) is 54.2 Å². The lowest BCUT2D eigenvalue weighted by Crippen LogP contribution is -2.03. The van der Waals surface area contributed by atoms with Crippen molar-refractivity contribution in [3.63, 3.8) is 0 Å². The lowest BCUT2D eigenvalue weighted by molar-refractivity contribution is 0.716. The molecule has 0 unspecified atom stereocenters. The van der Waals surface area contributed by atoms with Gasteiger partial charge in [0.1, 0.15) is 11.5 Å². The number of pyridine rings is 1. The maximum absolute atomic E-state index is 6.29. The lowest BCUT2D eigenvalue weighted by Gasteiger charge is -2.08. The van der Waals surface area contributed by atoms with Crippen LogP contribution in [0.2, 0.25) is 5.02 Å². The van der Waals surface area contributed by atoms with E-state index in [0.717, 1.165) is 51.7 Å². The van der Waals surface area contributed by atoms with Gasteiger partial charge in [-0.25, -0.2) is 15.0 Å². The van der Waals surface area contributed by atoms with Gasteiger partial charge in [0.2, 0.25) is 5.95 Å². The molecular formula is C23H20ClN7. The zero-order valence-corrected chi connectivity index (χ0v) is 17.7. The number of fused-ring (bicyclic) bond motifs is 1. The number of rotatable bonds is 6. The summed E-state index contributed by atoms with van der Waals surface area (Å²) in [7, 11) is 1.86. The zero-order valence-electron chi connectivity index (χ0n) is 16.9. The van der Waals surface area contributed by atoms with Crippen LogP contribution in [-0.4, -0.2) is 29.3 Å². The molecule has 0 aliphatic heterocycles. The summed E-state index contributed by atoms with van der Waals surface area (Å²) in [4.78, 5) is 13.6. The molecule has 0 saturated carbocycles. The molecule has 5 rings (SSSR count). The minimum atomic E-state index is 0.513. The highest BCUT2D eigenvalue weighted by Gasteiger charge is 2.09. The zero-order chi connectivity index (χ0) is 21.2. The van der Waals surface area contributed by atoms with Crippen LogP contribution in [0.5, 0.6) is 0 Å². The van der Waals surface area contributed by atoms with E-state index in [-0.39, 0.29) is 0 Å². The average Bonchev–Trinajstić information content (AvgIpc) is 3.39. The molecule has 0 amide bonds. The van der Waals surface area contributed by atoms with Crippen LogP contribution in [0.15, 0.2) is 73.3 Å². The van der Waals surface area contributed by atoms with Gasteiger partial charge in [-0.05, 0) is 36.2 Å². The highest BCUT2D eigenvalue weighted by Crippen LogP contribution is 2.24. The minimum Gasteiger partial charge on any atom is -0.332 e. The number of hydrogen-bond donors (Lipinski definition) is 1. The van der Waals surface area contributed by atoms with Crippen LogP contribution in [0, 0.1) is 0 Å². The van der Waals surface area contributed by atoms with Crippen molar-refractivity contribution in [3.05, 3.63) is 83.9 Å². The Labute approximate surface area is 184 Å². The van der Waals surface area contributed by atoms with Gasteiger partial charge in [-0.2, -0.15) is 5.10 Å². The largest absolute Gasteiger partial charge is 0.332 e. The number of nitrogens with one attached hydrogen (secondary N) is 1. The number of aryl methyl sites for hydroxylation is 3. The third-order valence-electron chi connectivity index (χ3n) is 5.19. The Bertz CT molecular complexity index is 1360. The molecule has 0 saturated heterocycles. The maximum Gasteiger partial charge on any atom is 0.228 e. The summed E-state index contributed by atoms with van der Waals surface area (Å²) in [6.45, 7) is 0.811. The van der Waals surface area contributed by atoms with Gasteiger partial charge in [-0.1, -0.05) is 29.8 Å². The molecule has 0 aliphatic carbocycles. The van der Waals surface area contributed by atoms with E-state index in [1.807, 2.05) is 43.6 Å². The van der Waals surface area contributed by atoms with Crippen molar-refractivity contribution in [3.8, 4) is 11.3 Å². The molecule has 0 bridgehead atoms. The van der Waals surface area contributed by atoms with E-state index in [9.17, 15) is 0 Å². The van der Waals surface area contributed by atoms with Crippen molar-refractivity contribution >= 4 is 34.4 Å². The van der Waals surface area contributed by atoms with E-state index >= 15 is 0 Å². The van der Waals surface area contributed by atoms with E-state index in [4.69, 9.17) is 16.6 Å². The van der Waals surface area contributed by atoms with Crippen molar-refractivity contribution in [2.75, 3.05) is 5.32 Å².